The lowest BCUT2D eigenvalue weighted by Crippen LogP contribution is -2.36. The van der Waals surface area contributed by atoms with Gasteiger partial charge in [-0.3, -0.25) is 9.00 Å². The number of carbonyl (C=O) groups is 1. The average molecular weight is 256 g/mol. The molecule has 0 bridgehead atoms. The summed E-state index contributed by atoms with van der Waals surface area (Å²) in [5.74, 6) is -0.0465. The number of nitrogens with one attached hydrogen (secondary N) is 1. The highest BCUT2D eigenvalue weighted by Gasteiger charge is 2.12. The van der Waals surface area contributed by atoms with Gasteiger partial charge in [-0.2, -0.15) is 0 Å². The summed E-state index contributed by atoms with van der Waals surface area (Å²) in [6.07, 6.45) is 1.58. The normalized spacial score (nSPS) is 14.0. The second-order valence-electron chi connectivity index (χ2n) is 3.89. The molecule has 6 heteroatoms. The summed E-state index contributed by atoms with van der Waals surface area (Å²) in [4.78, 5) is 11.7. The van der Waals surface area contributed by atoms with Crippen LogP contribution < -0.4 is 11.1 Å². The molecule has 17 heavy (non-hydrogen) atoms. The van der Waals surface area contributed by atoms with E-state index in [1.54, 1.807) is 13.2 Å². The molecule has 0 radical (unpaired) electrons. The van der Waals surface area contributed by atoms with E-state index in [0.29, 0.717) is 11.3 Å². The Kier molecular flexibility index (Phi) is 4.51. The molecule has 2 unspecified atom stereocenters. The van der Waals surface area contributed by atoms with Gasteiger partial charge < -0.3 is 16.2 Å². The molecule has 0 aliphatic rings. The highest BCUT2D eigenvalue weighted by Crippen LogP contribution is 2.20. The molecule has 0 fully saturated rings. The zero-order valence-electron chi connectivity index (χ0n) is 9.77. The Bertz CT molecular complexity index is 448. The quantitative estimate of drug-likeness (QED) is 0.539. The number of nitrogens with two attached hydrogens (primary N) is 1. The van der Waals surface area contributed by atoms with Crippen LogP contribution in [0.15, 0.2) is 18.2 Å². The number of hydrogen-bond donors (Lipinski definition) is 3. The molecule has 0 saturated heterocycles. The maximum atomic E-state index is 11.7. The Morgan fingerprint density at radius 3 is 2.76 bits per heavy atom. The summed E-state index contributed by atoms with van der Waals surface area (Å²) >= 11 is 0. The number of carbonyl (C=O) groups excluding carboxylic acids is 1. The van der Waals surface area contributed by atoms with Crippen molar-refractivity contribution in [2.75, 3.05) is 17.7 Å². The topological polar surface area (TPSA) is 92.4 Å². The Labute approximate surface area is 102 Å². The monoisotopic (exact) mass is 256 g/mol. The molecule has 4 N–H and O–H groups in total. The fourth-order valence-electron chi connectivity index (χ4n) is 1.39. The van der Waals surface area contributed by atoms with Crippen molar-refractivity contribution < 1.29 is 14.1 Å². The smallest absolute Gasteiger partial charge is 0.251 e. The number of anilines is 1. The first-order valence-electron chi connectivity index (χ1n) is 5.09. The highest BCUT2D eigenvalue weighted by atomic mass is 32.2. The van der Waals surface area contributed by atoms with E-state index >= 15 is 0 Å². The van der Waals surface area contributed by atoms with Gasteiger partial charge in [0.2, 0.25) is 0 Å². The molecule has 2 atom stereocenters. The predicted octanol–water partition coefficient (Wildman–Crippen LogP) is 0.471. The molecule has 0 heterocycles. The summed E-state index contributed by atoms with van der Waals surface area (Å²) in [6.45, 7) is 1.77. The van der Waals surface area contributed by atoms with Gasteiger partial charge in [-0.15, -0.1) is 0 Å². The standard InChI is InChI=1S/C11H16N2O3S/c1-7(6-17(2)16)13-11(15)8-3-4-9(12)10(14)5-8/h3-5,7,14H,6,12H2,1-2H3,(H,13,15). The summed E-state index contributed by atoms with van der Waals surface area (Å²) < 4.78 is 11.0. The van der Waals surface area contributed by atoms with Crippen molar-refractivity contribution >= 4 is 22.4 Å². The molecule has 0 aliphatic heterocycles. The van der Waals surface area contributed by atoms with Gasteiger partial charge in [0.05, 0.1) is 5.69 Å². The summed E-state index contributed by atoms with van der Waals surface area (Å²) in [6, 6.07) is 4.11. The third-order valence-electron chi connectivity index (χ3n) is 2.15. The van der Waals surface area contributed by atoms with Gasteiger partial charge in [0.25, 0.3) is 5.91 Å². The van der Waals surface area contributed by atoms with E-state index in [0.717, 1.165) is 0 Å². The average Bonchev–Trinajstić information content (AvgIpc) is 2.20. The zero-order valence-corrected chi connectivity index (χ0v) is 10.6. The molecule has 0 spiro atoms. The zero-order chi connectivity index (χ0) is 13.0. The minimum absolute atomic E-state index is 0.121. The number of hydrogen-bond acceptors (Lipinski definition) is 4. The number of nitrogen functional groups attached to an aromatic ring is 1. The number of amides is 1. The van der Waals surface area contributed by atoms with Crippen LogP contribution >= 0.6 is 0 Å². The van der Waals surface area contributed by atoms with Crippen LogP contribution in [0, 0.1) is 0 Å². The number of aromatic hydroxyl groups is 1. The third-order valence-corrected chi connectivity index (χ3v) is 3.12. The minimum Gasteiger partial charge on any atom is -0.506 e. The van der Waals surface area contributed by atoms with Crippen LogP contribution in [-0.4, -0.2) is 33.3 Å². The van der Waals surface area contributed by atoms with Crippen LogP contribution in [0.3, 0.4) is 0 Å². The lowest BCUT2D eigenvalue weighted by atomic mass is 10.1. The van der Waals surface area contributed by atoms with Gasteiger partial charge in [0.15, 0.2) is 0 Å². The first-order chi connectivity index (χ1) is 7.90. The maximum absolute atomic E-state index is 11.7. The Hall–Kier alpha value is -1.56. The largest absolute Gasteiger partial charge is 0.506 e. The molecule has 1 aromatic rings. The molecule has 1 rings (SSSR count). The third kappa shape index (κ3) is 4.07. The van der Waals surface area contributed by atoms with Crippen molar-refractivity contribution in [2.45, 2.75) is 13.0 Å². The van der Waals surface area contributed by atoms with Crippen molar-refractivity contribution in [2.24, 2.45) is 0 Å². The number of rotatable bonds is 4. The molecule has 0 saturated carbocycles. The van der Waals surface area contributed by atoms with Gasteiger partial charge >= 0.3 is 0 Å². The van der Waals surface area contributed by atoms with Crippen LogP contribution in [0.4, 0.5) is 5.69 Å². The molecule has 0 aromatic heterocycles. The van der Waals surface area contributed by atoms with E-state index in [1.165, 1.54) is 18.2 Å². The van der Waals surface area contributed by atoms with Crippen molar-refractivity contribution in [3.63, 3.8) is 0 Å². The van der Waals surface area contributed by atoms with Crippen molar-refractivity contribution in [1.29, 1.82) is 0 Å². The molecule has 0 aliphatic carbocycles. The van der Waals surface area contributed by atoms with Gasteiger partial charge in [-0.1, -0.05) is 0 Å². The first kappa shape index (κ1) is 13.5. The van der Waals surface area contributed by atoms with E-state index < -0.39 is 10.8 Å². The van der Waals surface area contributed by atoms with E-state index in [4.69, 9.17) is 5.73 Å². The Morgan fingerprint density at radius 2 is 2.24 bits per heavy atom. The second kappa shape index (κ2) is 5.67. The number of phenolic OH excluding ortho intramolecular Hbond substituents is 1. The molecule has 1 amide bonds. The molecule has 5 nitrogen and oxygen atoms in total. The first-order valence-corrected chi connectivity index (χ1v) is 6.82. The molecular formula is C11H16N2O3S. The predicted molar refractivity (Wildman–Crippen MR) is 68.4 cm³/mol. The number of phenols is 1. The summed E-state index contributed by atoms with van der Waals surface area (Å²) in [5, 5.41) is 12.1. The maximum Gasteiger partial charge on any atom is 0.251 e. The van der Waals surface area contributed by atoms with E-state index in [9.17, 15) is 14.1 Å². The van der Waals surface area contributed by atoms with Crippen LogP contribution in [0.2, 0.25) is 0 Å². The van der Waals surface area contributed by atoms with E-state index in [-0.39, 0.29) is 23.4 Å². The summed E-state index contributed by atoms with van der Waals surface area (Å²) in [5.41, 5.74) is 5.98. The van der Waals surface area contributed by atoms with Gasteiger partial charge in [0, 0.05) is 34.4 Å². The molecular weight excluding hydrogens is 240 g/mol. The lowest BCUT2D eigenvalue weighted by molar-refractivity contribution is 0.0943. The Morgan fingerprint density at radius 1 is 1.59 bits per heavy atom. The van der Waals surface area contributed by atoms with Gasteiger partial charge in [0.1, 0.15) is 5.75 Å². The van der Waals surface area contributed by atoms with Crippen molar-refractivity contribution in [3.8, 4) is 5.75 Å². The fraction of sp³-hybridized carbons (Fsp3) is 0.364. The SMILES string of the molecule is CC(CS(C)=O)NC(=O)c1ccc(N)c(O)c1. The number of benzene rings is 1. The van der Waals surface area contributed by atoms with Crippen LogP contribution in [-0.2, 0) is 10.8 Å². The Balaban J connectivity index is 2.70. The van der Waals surface area contributed by atoms with Crippen LogP contribution in [0.5, 0.6) is 5.75 Å². The second-order valence-corrected chi connectivity index (χ2v) is 5.37. The van der Waals surface area contributed by atoms with E-state index in [2.05, 4.69) is 5.32 Å². The van der Waals surface area contributed by atoms with Crippen molar-refractivity contribution in [1.82, 2.24) is 5.32 Å². The van der Waals surface area contributed by atoms with E-state index in [1.807, 2.05) is 0 Å². The van der Waals surface area contributed by atoms with Crippen LogP contribution in [0.25, 0.3) is 0 Å². The highest BCUT2D eigenvalue weighted by molar-refractivity contribution is 7.84. The summed E-state index contributed by atoms with van der Waals surface area (Å²) in [7, 11) is -0.961. The fourth-order valence-corrected chi connectivity index (χ4v) is 2.17. The van der Waals surface area contributed by atoms with Gasteiger partial charge in [-0.25, -0.2) is 0 Å². The molecule has 1 aromatic carbocycles. The lowest BCUT2D eigenvalue weighted by Gasteiger charge is -2.12. The minimum atomic E-state index is -0.961. The molecule has 94 valence electrons. The van der Waals surface area contributed by atoms with Gasteiger partial charge in [-0.05, 0) is 25.1 Å². The van der Waals surface area contributed by atoms with Crippen LogP contribution in [0.1, 0.15) is 17.3 Å². The van der Waals surface area contributed by atoms with Crippen molar-refractivity contribution in [3.05, 3.63) is 23.8 Å².